The molecule has 22 heavy (non-hydrogen) atoms. The van der Waals surface area contributed by atoms with Gasteiger partial charge in [0, 0.05) is 40.6 Å². The van der Waals surface area contributed by atoms with Crippen molar-refractivity contribution in [2.45, 2.75) is 31.4 Å². The zero-order valence-corrected chi connectivity index (χ0v) is 14.1. The summed E-state index contributed by atoms with van der Waals surface area (Å²) in [6, 6.07) is 7.80. The average molecular weight is 316 g/mol. The first-order valence-corrected chi connectivity index (χ1v) is 7.99. The number of benzene rings is 1. The standard InChI is InChI=1S/C17H20N2O2S/c1-11-9-18-16(12(2)17(11)21-4)10-22-15-7-5-14(6-8-15)19-13(3)20/h5-9H,10H2,1-4H3,(H,19,20). The molecular weight excluding hydrogens is 296 g/mol. The molecule has 1 amide bonds. The highest BCUT2D eigenvalue weighted by Gasteiger charge is 2.09. The minimum Gasteiger partial charge on any atom is -0.496 e. The molecule has 5 heteroatoms. The number of nitrogens with one attached hydrogen (secondary N) is 1. The second-order valence-corrected chi connectivity index (χ2v) is 6.09. The fourth-order valence-corrected chi connectivity index (χ4v) is 3.13. The van der Waals surface area contributed by atoms with Gasteiger partial charge in [-0.15, -0.1) is 11.8 Å². The zero-order chi connectivity index (χ0) is 16.1. The maximum absolute atomic E-state index is 11.0. The Labute approximate surface area is 135 Å². The molecule has 0 aliphatic carbocycles. The first-order chi connectivity index (χ1) is 10.5. The number of aryl methyl sites for hydroxylation is 1. The van der Waals surface area contributed by atoms with E-state index in [1.54, 1.807) is 18.9 Å². The van der Waals surface area contributed by atoms with Crippen LogP contribution in [0.4, 0.5) is 5.69 Å². The number of carbonyl (C=O) groups is 1. The van der Waals surface area contributed by atoms with Gasteiger partial charge < -0.3 is 10.1 Å². The lowest BCUT2D eigenvalue weighted by Gasteiger charge is -2.12. The van der Waals surface area contributed by atoms with E-state index < -0.39 is 0 Å². The molecular formula is C17H20N2O2S. The molecule has 0 radical (unpaired) electrons. The second-order valence-electron chi connectivity index (χ2n) is 5.04. The van der Waals surface area contributed by atoms with Crippen molar-refractivity contribution in [1.82, 2.24) is 4.98 Å². The highest BCUT2D eigenvalue weighted by atomic mass is 32.2. The third-order valence-corrected chi connectivity index (χ3v) is 4.32. The Morgan fingerprint density at radius 3 is 2.55 bits per heavy atom. The van der Waals surface area contributed by atoms with E-state index in [-0.39, 0.29) is 5.91 Å². The normalized spacial score (nSPS) is 10.4. The highest BCUT2D eigenvalue weighted by molar-refractivity contribution is 7.98. The SMILES string of the molecule is COc1c(C)cnc(CSc2ccc(NC(C)=O)cc2)c1C. The molecule has 4 nitrogen and oxygen atoms in total. The molecule has 0 spiro atoms. The summed E-state index contributed by atoms with van der Waals surface area (Å²) >= 11 is 1.71. The van der Waals surface area contributed by atoms with E-state index >= 15 is 0 Å². The minimum atomic E-state index is -0.0630. The van der Waals surface area contributed by atoms with E-state index in [1.807, 2.05) is 44.3 Å². The number of anilines is 1. The van der Waals surface area contributed by atoms with Crippen molar-refractivity contribution in [1.29, 1.82) is 0 Å². The van der Waals surface area contributed by atoms with Crippen LogP contribution >= 0.6 is 11.8 Å². The van der Waals surface area contributed by atoms with Crippen LogP contribution in [0.25, 0.3) is 0 Å². The van der Waals surface area contributed by atoms with E-state index in [4.69, 9.17) is 4.74 Å². The van der Waals surface area contributed by atoms with Crippen LogP contribution in [-0.4, -0.2) is 18.0 Å². The summed E-state index contributed by atoms with van der Waals surface area (Å²) in [4.78, 5) is 16.6. The molecule has 0 unspecified atom stereocenters. The summed E-state index contributed by atoms with van der Waals surface area (Å²) < 4.78 is 5.43. The maximum atomic E-state index is 11.0. The van der Waals surface area contributed by atoms with Crippen molar-refractivity contribution < 1.29 is 9.53 Å². The molecule has 0 saturated carbocycles. The molecule has 0 atom stereocenters. The van der Waals surface area contributed by atoms with Crippen LogP contribution in [0.3, 0.4) is 0 Å². The topological polar surface area (TPSA) is 51.2 Å². The van der Waals surface area contributed by atoms with Crippen LogP contribution in [0.15, 0.2) is 35.4 Å². The van der Waals surface area contributed by atoms with Crippen molar-refractivity contribution in [3.63, 3.8) is 0 Å². The van der Waals surface area contributed by atoms with Crippen molar-refractivity contribution in [2.24, 2.45) is 0 Å². The molecule has 1 aromatic carbocycles. The van der Waals surface area contributed by atoms with Crippen molar-refractivity contribution in [3.8, 4) is 5.75 Å². The molecule has 2 rings (SSSR count). The first kappa shape index (κ1) is 16.4. The molecule has 0 aliphatic heterocycles. The Bertz CT molecular complexity index is 669. The van der Waals surface area contributed by atoms with Gasteiger partial charge in [-0.05, 0) is 38.1 Å². The number of ether oxygens (including phenoxy) is 1. The number of methoxy groups -OCH3 is 1. The molecule has 2 aromatic rings. The van der Waals surface area contributed by atoms with Gasteiger partial charge >= 0.3 is 0 Å². The van der Waals surface area contributed by atoms with Crippen LogP contribution in [0, 0.1) is 13.8 Å². The van der Waals surface area contributed by atoms with Gasteiger partial charge in [0.05, 0.1) is 12.8 Å². The van der Waals surface area contributed by atoms with Crippen molar-refractivity contribution in [3.05, 3.63) is 47.3 Å². The number of hydrogen-bond acceptors (Lipinski definition) is 4. The fourth-order valence-electron chi connectivity index (χ4n) is 2.21. The largest absolute Gasteiger partial charge is 0.496 e. The lowest BCUT2D eigenvalue weighted by molar-refractivity contribution is -0.114. The van der Waals surface area contributed by atoms with Gasteiger partial charge in [-0.3, -0.25) is 9.78 Å². The minimum absolute atomic E-state index is 0.0630. The fraction of sp³-hybridized carbons (Fsp3) is 0.294. The number of thioether (sulfide) groups is 1. The van der Waals surface area contributed by atoms with Gasteiger partial charge in [0.1, 0.15) is 5.75 Å². The van der Waals surface area contributed by atoms with E-state index in [1.165, 1.54) is 6.92 Å². The summed E-state index contributed by atoms with van der Waals surface area (Å²) in [5.74, 6) is 1.63. The summed E-state index contributed by atoms with van der Waals surface area (Å²) in [7, 11) is 1.69. The molecule has 1 aromatic heterocycles. The molecule has 0 bridgehead atoms. The smallest absolute Gasteiger partial charge is 0.221 e. The summed E-state index contributed by atoms with van der Waals surface area (Å²) in [6.45, 7) is 5.53. The van der Waals surface area contributed by atoms with Crippen LogP contribution in [-0.2, 0) is 10.5 Å². The number of amides is 1. The molecule has 0 saturated heterocycles. The molecule has 116 valence electrons. The lowest BCUT2D eigenvalue weighted by Crippen LogP contribution is -2.05. The predicted octanol–water partition coefficient (Wildman–Crippen LogP) is 3.96. The van der Waals surface area contributed by atoms with Gasteiger partial charge in [0.15, 0.2) is 0 Å². The highest BCUT2D eigenvalue weighted by Crippen LogP contribution is 2.29. The van der Waals surface area contributed by atoms with Gasteiger partial charge in [-0.2, -0.15) is 0 Å². The van der Waals surface area contributed by atoms with Crippen LogP contribution in [0.1, 0.15) is 23.7 Å². The first-order valence-electron chi connectivity index (χ1n) is 7.00. The van der Waals surface area contributed by atoms with Crippen LogP contribution < -0.4 is 10.1 Å². The summed E-state index contributed by atoms with van der Waals surface area (Å²) in [6.07, 6.45) is 1.85. The van der Waals surface area contributed by atoms with Gasteiger partial charge in [0.2, 0.25) is 5.91 Å². The number of hydrogen-bond donors (Lipinski definition) is 1. The van der Waals surface area contributed by atoms with Crippen LogP contribution in [0.2, 0.25) is 0 Å². The molecule has 0 fully saturated rings. The summed E-state index contributed by atoms with van der Waals surface area (Å²) in [5, 5.41) is 2.76. The third-order valence-electron chi connectivity index (χ3n) is 3.30. The van der Waals surface area contributed by atoms with Crippen molar-refractivity contribution in [2.75, 3.05) is 12.4 Å². The van der Waals surface area contributed by atoms with E-state index in [0.29, 0.717) is 0 Å². The second kappa shape index (κ2) is 7.31. The Hall–Kier alpha value is -2.01. The summed E-state index contributed by atoms with van der Waals surface area (Å²) in [5.41, 5.74) is 3.97. The quantitative estimate of drug-likeness (QED) is 0.848. The van der Waals surface area contributed by atoms with Crippen LogP contribution in [0.5, 0.6) is 5.75 Å². The van der Waals surface area contributed by atoms with Crippen molar-refractivity contribution >= 4 is 23.4 Å². The molecule has 1 heterocycles. The number of rotatable bonds is 5. The van der Waals surface area contributed by atoms with E-state index in [9.17, 15) is 4.79 Å². The van der Waals surface area contributed by atoms with Gasteiger partial charge in [0.25, 0.3) is 0 Å². The zero-order valence-electron chi connectivity index (χ0n) is 13.3. The van der Waals surface area contributed by atoms with E-state index in [2.05, 4.69) is 10.3 Å². The molecule has 0 aliphatic rings. The predicted molar refractivity (Wildman–Crippen MR) is 90.6 cm³/mol. The molecule has 1 N–H and O–H groups in total. The number of carbonyl (C=O) groups excluding carboxylic acids is 1. The lowest BCUT2D eigenvalue weighted by atomic mass is 10.1. The number of aromatic nitrogens is 1. The Kier molecular flexibility index (Phi) is 5.44. The maximum Gasteiger partial charge on any atom is 0.221 e. The van der Waals surface area contributed by atoms with Gasteiger partial charge in [-0.25, -0.2) is 0 Å². The average Bonchev–Trinajstić information content (AvgIpc) is 2.48. The van der Waals surface area contributed by atoms with Gasteiger partial charge in [-0.1, -0.05) is 0 Å². The third kappa shape index (κ3) is 4.01. The monoisotopic (exact) mass is 316 g/mol. The Morgan fingerprint density at radius 2 is 1.95 bits per heavy atom. The Balaban J connectivity index is 2.05. The number of pyridine rings is 1. The Morgan fingerprint density at radius 1 is 1.27 bits per heavy atom. The van der Waals surface area contributed by atoms with E-state index in [0.717, 1.165) is 38.9 Å². The number of nitrogens with zero attached hydrogens (tertiary/aromatic N) is 1.